The molecule has 122 valence electrons. The van der Waals surface area contributed by atoms with E-state index in [9.17, 15) is 4.79 Å². The van der Waals surface area contributed by atoms with E-state index < -0.39 is 0 Å². The summed E-state index contributed by atoms with van der Waals surface area (Å²) in [5, 5.41) is 0. The molecule has 0 bridgehead atoms. The van der Waals surface area contributed by atoms with Gasteiger partial charge in [-0.15, -0.1) is 0 Å². The van der Waals surface area contributed by atoms with Gasteiger partial charge in [-0.3, -0.25) is 4.79 Å². The van der Waals surface area contributed by atoms with Crippen LogP contribution in [0.5, 0.6) is 11.5 Å². The molecule has 0 N–H and O–H groups in total. The summed E-state index contributed by atoms with van der Waals surface area (Å²) in [5.41, 5.74) is 0.883. The van der Waals surface area contributed by atoms with Crippen molar-refractivity contribution in [2.75, 3.05) is 27.2 Å². The van der Waals surface area contributed by atoms with Crippen LogP contribution in [0.3, 0.4) is 0 Å². The minimum absolute atomic E-state index is 0.219. The number of para-hydroxylation sites is 1. The Kier molecular flexibility index (Phi) is 6.18. The number of hydrogen-bond acceptors (Lipinski definition) is 4. The summed E-state index contributed by atoms with van der Waals surface area (Å²) in [5.74, 6) is 0.938. The highest BCUT2D eigenvalue weighted by atomic mass is 16.5. The third-order valence-corrected chi connectivity index (χ3v) is 3.47. The van der Waals surface area contributed by atoms with Gasteiger partial charge in [0.1, 0.15) is 18.1 Å². The normalized spacial score (nSPS) is 12.0. The number of carbonyl (C=O) groups excluding carboxylic acids is 1. The van der Waals surface area contributed by atoms with Crippen molar-refractivity contribution in [2.45, 2.75) is 12.8 Å². The molecule has 1 unspecified atom stereocenters. The molecule has 23 heavy (non-hydrogen) atoms. The molecular formula is C19H23NO3. The van der Waals surface area contributed by atoms with Gasteiger partial charge in [0, 0.05) is 6.54 Å². The molecule has 4 nitrogen and oxygen atoms in total. The molecule has 2 aromatic carbocycles. The zero-order valence-corrected chi connectivity index (χ0v) is 13.9. The highest BCUT2D eigenvalue weighted by Gasteiger charge is 2.17. The van der Waals surface area contributed by atoms with Crippen LogP contribution in [0, 0.1) is 0 Å². The highest BCUT2D eigenvalue weighted by Crippen LogP contribution is 2.25. The lowest BCUT2D eigenvalue weighted by atomic mass is 10.0. The third kappa shape index (κ3) is 5.42. The van der Waals surface area contributed by atoms with Crippen molar-refractivity contribution in [3.8, 4) is 11.5 Å². The lowest BCUT2D eigenvalue weighted by Gasteiger charge is -2.15. The van der Waals surface area contributed by atoms with Gasteiger partial charge in [0.2, 0.25) is 0 Å². The Morgan fingerprint density at radius 2 is 1.74 bits per heavy atom. The second-order valence-electron chi connectivity index (χ2n) is 5.68. The number of esters is 1. The van der Waals surface area contributed by atoms with Crippen LogP contribution in [0.2, 0.25) is 0 Å². The van der Waals surface area contributed by atoms with Crippen molar-refractivity contribution < 1.29 is 14.3 Å². The first kappa shape index (κ1) is 17.0. The Balaban J connectivity index is 1.99. The Labute approximate surface area is 137 Å². The smallest absolute Gasteiger partial charge is 0.313 e. The van der Waals surface area contributed by atoms with Crippen molar-refractivity contribution in [3.05, 3.63) is 60.2 Å². The SMILES string of the molecule is CC(C(=O)OCCN(C)C)c1cccc(Oc2ccccc2)c1. The largest absolute Gasteiger partial charge is 0.464 e. The molecule has 0 amide bonds. The van der Waals surface area contributed by atoms with E-state index in [0.717, 1.165) is 17.9 Å². The summed E-state index contributed by atoms with van der Waals surface area (Å²) in [6.07, 6.45) is 0. The number of carbonyl (C=O) groups is 1. The third-order valence-electron chi connectivity index (χ3n) is 3.47. The Bertz CT molecular complexity index is 626. The van der Waals surface area contributed by atoms with Crippen LogP contribution in [0.4, 0.5) is 0 Å². The monoisotopic (exact) mass is 313 g/mol. The van der Waals surface area contributed by atoms with Crippen LogP contribution < -0.4 is 4.74 Å². The van der Waals surface area contributed by atoms with Crippen molar-refractivity contribution in [1.82, 2.24) is 4.90 Å². The number of likely N-dealkylation sites (N-methyl/N-ethyl adjacent to an activating group) is 1. The maximum Gasteiger partial charge on any atom is 0.313 e. The number of ether oxygens (including phenoxy) is 2. The van der Waals surface area contributed by atoms with Gasteiger partial charge >= 0.3 is 5.97 Å². The van der Waals surface area contributed by atoms with Crippen LogP contribution in [-0.4, -0.2) is 38.1 Å². The Morgan fingerprint density at radius 3 is 2.43 bits per heavy atom. The van der Waals surface area contributed by atoms with Gasteiger partial charge in [0.15, 0.2) is 0 Å². The summed E-state index contributed by atoms with van der Waals surface area (Å²) in [6, 6.07) is 17.1. The second kappa shape index (κ2) is 8.34. The molecule has 0 saturated carbocycles. The standard InChI is InChI=1S/C19H23NO3/c1-15(19(21)22-13-12-20(2)3)16-8-7-11-18(14-16)23-17-9-5-4-6-10-17/h4-11,14-15H,12-13H2,1-3H3. The number of hydrogen-bond donors (Lipinski definition) is 0. The fourth-order valence-corrected chi connectivity index (χ4v) is 2.06. The molecule has 2 rings (SSSR count). The van der Waals surface area contributed by atoms with Crippen molar-refractivity contribution in [2.24, 2.45) is 0 Å². The van der Waals surface area contributed by atoms with Crippen LogP contribution in [-0.2, 0) is 9.53 Å². The maximum atomic E-state index is 12.1. The van der Waals surface area contributed by atoms with E-state index in [1.807, 2.05) is 80.5 Å². The van der Waals surface area contributed by atoms with Gasteiger partial charge in [-0.25, -0.2) is 0 Å². The molecular weight excluding hydrogens is 290 g/mol. The van der Waals surface area contributed by atoms with Crippen molar-refractivity contribution >= 4 is 5.97 Å². The summed E-state index contributed by atoms with van der Waals surface area (Å²) in [6.45, 7) is 2.96. The average Bonchev–Trinajstić information content (AvgIpc) is 2.55. The van der Waals surface area contributed by atoms with Gasteiger partial charge in [0.05, 0.1) is 5.92 Å². The fraction of sp³-hybridized carbons (Fsp3) is 0.316. The molecule has 1 atom stereocenters. The zero-order valence-electron chi connectivity index (χ0n) is 13.9. The quantitative estimate of drug-likeness (QED) is 0.731. The van der Waals surface area contributed by atoms with E-state index in [1.165, 1.54) is 0 Å². The molecule has 2 aromatic rings. The topological polar surface area (TPSA) is 38.8 Å². The number of rotatable bonds is 7. The molecule has 0 aromatic heterocycles. The van der Waals surface area contributed by atoms with E-state index in [0.29, 0.717) is 12.4 Å². The zero-order chi connectivity index (χ0) is 16.7. The maximum absolute atomic E-state index is 12.1. The minimum Gasteiger partial charge on any atom is -0.464 e. The Hall–Kier alpha value is -2.33. The van der Waals surface area contributed by atoms with Gasteiger partial charge in [0.25, 0.3) is 0 Å². The van der Waals surface area contributed by atoms with E-state index in [-0.39, 0.29) is 11.9 Å². The Morgan fingerprint density at radius 1 is 1.04 bits per heavy atom. The number of nitrogens with zero attached hydrogens (tertiary/aromatic N) is 1. The van der Waals surface area contributed by atoms with E-state index in [4.69, 9.17) is 9.47 Å². The van der Waals surface area contributed by atoms with Crippen LogP contribution in [0.25, 0.3) is 0 Å². The molecule has 0 heterocycles. The molecule has 0 fully saturated rings. The molecule has 0 spiro atoms. The molecule has 0 aliphatic rings. The molecule has 0 saturated heterocycles. The van der Waals surface area contributed by atoms with Gasteiger partial charge in [-0.05, 0) is 50.8 Å². The van der Waals surface area contributed by atoms with Crippen LogP contribution in [0.15, 0.2) is 54.6 Å². The first-order chi connectivity index (χ1) is 11.1. The summed E-state index contributed by atoms with van der Waals surface area (Å²) >= 11 is 0. The van der Waals surface area contributed by atoms with E-state index >= 15 is 0 Å². The minimum atomic E-state index is -0.323. The average molecular weight is 313 g/mol. The van der Waals surface area contributed by atoms with Gasteiger partial charge in [-0.2, -0.15) is 0 Å². The summed E-state index contributed by atoms with van der Waals surface area (Å²) < 4.78 is 11.1. The second-order valence-corrected chi connectivity index (χ2v) is 5.68. The van der Waals surface area contributed by atoms with E-state index in [2.05, 4.69) is 0 Å². The predicted molar refractivity (Wildman–Crippen MR) is 90.9 cm³/mol. The lowest BCUT2D eigenvalue weighted by Crippen LogP contribution is -2.22. The van der Waals surface area contributed by atoms with Crippen molar-refractivity contribution in [1.29, 1.82) is 0 Å². The fourth-order valence-electron chi connectivity index (χ4n) is 2.06. The van der Waals surface area contributed by atoms with E-state index in [1.54, 1.807) is 0 Å². The summed E-state index contributed by atoms with van der Waals surface area (Å²) in [7, 11) is 3.89. The molecule has 4 heteroatoms. The van der Waals surface area contributed by atoms with Crippen LogP contribution in [0.1, 0.15) is 18.4 Å². The predicted octanol–water partition coefficient (Wildman–Crippen LogP) is 3.69. The highest BCUT2D eigenvalue weighted by molar-refractivity contribution is 5.77. The first-order valence-corrected chi connectivity index (χ1v) is 7.70. The number of benzene rings is 2. The van der Waals surface area contributed by atoms with Gasteiger partial charge in [-0.1, -0.05) is 30.3 Å². The summed E-state index contributed by atoms with van der Waals surface area (Å²) in [4.78, 5) is 14.1. The molecule has 0 aliphatic carbocycles. The van der Waals surface area contributed by atoms with Crippen molar-refractivity contribution in [3.63, 3.8) is 0 Å². The molecule has 0 aliphatic heterocycles. The van der Waals surface area contributed by atoms with Crippen LogP contribution >= 0.6 is 0 Å². The van der Waals surface area contributed by atoms with Gasteiger partial charge < -0.3 is 14.4 Å². The lowest BCUT2D eigenvalue weighted by molar-refractivity contribution is -0.145. The first-order valence-electron chi connectivity index (χ1n) is 7.70. The molecule has 0 radical (unpaired) electrons.